The minimum absolute atomic E-state index is 0.0391. The van der Waals surface area contributed by atoms with Crippen LogP contribution < -0.4 is 5.32 Å². The van der Waals surface area contributed by atoms with Crippen LogP contribution >= 0.6 is 0 Å². The van der Waals surface area contributed by atoms with Crippen molar-refractivity contribution in [2.24, 2.45) is 0 Å². The molecule has 5 heteroatoms. The van der Waals surface area contributed by atoms with E-state index in [1.54, 1.807) is 0 Å². The summed E-state index contributed by atoms with van der Waals surface area (Å²) >= 11 is 0. The summed E-state index contributed by atoms with van der Waals surface area (Å²) in [5.41, 5.74) is -0.0391. The number of halogens is 1. The topological polar surface area (TPSA) is 73.1 Å². The number of hydrogen-bond acceptors (Lipinski definition) is 3. The van der Waals surface area contributed by atoms with E-state index in [0.717, 1.165) is 18.6 Å². The van der Waals surface area contributed by atoms with Crippen LogP contribution in [0.4, 0.5) is 4.39 Å². The zero-order chi connectivity index (χ0) is 12.8. The van der Waals surface area contributed by atoms with Gasteiger partial charge in [0.25, 0.3) is 5.91 Å². The molecule has 4 nitrogen and oxygen atoms in total. The molecule has 1 atom stereocenters. The van der Waals surface area contributed by atoms with E-state index >= 15 is 0 Å². The van der Waals surface area contributed by atoms with Crippen LogP contribution in [0.1, 0.15) is 30.1 Å². The number of nitriles is 1. The number of hydrogen-bond donors (Lipinski definition) is 2. The molecular formula is C12H13FN2O2. The molecule has 0 spiro atoms. The van der Waals surface area contributed by atoms with Gasteiger partial charge in [0.2, 0.25) is 0 Å². The number of carbonyl (C=O) groups is 1. The first kappa shape index (κ1) is 13.0. The molecule has 1 unspecified atom stereocenters. The lowest BCUT2D eigenvalue weighted by Crippen LogP contribution is -2.33. The maximum atomic E-state index is 12.7. The van der Waals surface area contributed by atoms with Gasteiger partial charge in [0.1, 0.15) is 17.6 Å². The molecule has 0 bridgehead atoms. The lowest BCUT2D eigenvalue weighted by atomic mass is 10.1. The Kier molecular flexibility index (Phi) is 4.46. The molecule has 0 aliphatic carbocycles. The summed E-state index contributed by atoms with van der Waals surface area (Å²) in [5.74, 6) is -1.64. The van der Waals surface area contributed by atoms with Crippen molar-refractivity contribution in [1.29, 1.82) is 5.26 Å². The summed E-state index contributed by atoms with van der Waals surface area (Å²) in [7, 11) is 0. The van der Waals surface area contributed by atoms with Crippen LogP contribution in [0.3, 0.4) is 0 Å². The zero-order valence-corrected chi connectivity index (χ0v) is 9.40. The number of benzene rings is 1. The molecular weight excluding hydrogens is 223 g/mol. The Labute approximate surface area is 98.7 Å². The van der Waals surface area contributed by atoms with Gasteiger partial charge in [-0.3, -0.25) is 4.79 Å². The molecule has 1 aromatic carbocycles. The second-order valence-corrected chi connectivity index (χ2v) is 3.61. The molecule has 0 aliphatic heterocycles. The monoisotopic (exact) mass is 236 g/mol. The van der Waals surface area contributed by atoms with E-state index in [9.17, 15) is 14.3 Å². The number of phenolic OH excluding ortho intramolecular Hbond substituents is 1. The highest BCUT2D eigenvalue weighted by Crippen LogP contribution is 2.18. The maximum Gasteiger partial charge on any atom is 0.256 e. The van der Waals surface area contributed by atoms with E-state index in [-0.39, 0.29) is 5.56 Å². The summed E-state index contributed by atoms with van der Waals surface area (Å²) in [4.78, 5) is 11.7. The maximum absolute atomic E-state index is 12.7. The number of nitrogens with one attached hydrogen (secondary N) is 1. The van der Waals surface area contributed by atoms with Crippen molar-refractivity contribution >= 4 is 5.91 Å². The Morgan fingerprint density at radius 2 is 2.35 bits per heavy atom. The van der Waals surface area contributed by atoms with Crippen molar-refractivity contribution in [2.75, 3.05) is 0 Å². The molecule has 0 saturated carbocycles. The second kappa shape index (κ2) is 5.85. The van der Waals surface area contributed by atoms with Gasteiger partial charge in [0.05, 0.1) is 11.6 Å². The van der Waals surface area contributed by atoms with Gasteiger partial charge in [0, 0.05) is 6.07 Å². The van der Waals surface area contributed by atoms with Crippen LogP contribution in [0.5, 0.6) is 5.75 Å². The average molecular weight is 236 g/mol. The summed E-state index contributed by atoms with van der Waals surface area (Å²) in [5, 5.41) is 20.6. The summed E-state index contributed by atoms with van der Waals surface area (Å²) in [6.45, 7) is 1.89. The predicted molar refractivity (Wildman–Crippen MR) is 59.8 cm³/mol. The van der Waals surface area contributed by atoms with Crippen LogP contribution in [-0.4, -0.2) is 17.1 Å². The van der Waals surface area contributed by atoms with Crippen molar-refractivity contribution in [3.8, 4) is 11.8 Å². The third kappa shape index (κ3) is 3.45. The van der Waals surface area contributed by atoms with Gasteiger partial charge in [-0.1, -0.05) is 13.3 Å². The van der Waals surface area contributed by atoms with E-state index in [2.05, 4.69) is 5.32 Å². The zero-order valence-electron chi connectivity index (χ0n) is 9.40. The fraction of sp³-hybridized carbons (Fsp3) is 0.333. The Hall–Kier alpha value is -2.09. The van der Waals surface area contributed by atoms with Gasteiger partial charge < -0.3 is 10.4 Å². The Morgan fingerprint density at radius 3 is 2.88 bits per heavy atom. The van der Waals surface area contributed by atoms with Crippen molar-refractivity contribution < 1.29 is 14.3 Å². The largest absolute Gasteiger partial charge is 0.507 e. The van der Waals surface area contributed by atoms with E-state index in [1.807, 2.05) is 13.0 Å². The molecule has 0 radical (unpaired) electrons. The lowest BCUT2D eigenvalue weighted by molar-refractivity contribution is 0.0941. The Morgan fingerprint density at radius 1 is 1.65 bits per heavy atom. The van der Waals surface area contributed by atoms with Gasteiger partial charge >= 0.3 is 0 Å². The molecule has 0 saturated heterocycles. The standard InChI is InChI=1S/C12H13FN2O2/c1-2-3-9(7-14)15-12(17)10-5-4-8(13)6-11(10)16/h4-6,9,16H,2-3H2,1H3,(H,15,17). The summed E-state index contributed by atoms with van der Waals surface area (Å²) < 4.78 is 12.7. The van der Waals surface area contributed by atoms with Crippen molar-refractivity contribution in [2.45, 2.75) is 25.8 Å². The first-order valence-corrected chi connectivity index (χ1v) is 5.27. The van der Waals surface area contributed by atoms with Crippen LogP contribution in [0.2, 0.25) is 0 Å². The molecule has 0 fully saturated rings. The number of phenols is 1. The number of carbonyl (C=O) groups excluding carboxylic acids is 1. The van der Waals surface area contributed by atoms with Gasteiger partial charge in [-0.15, -0.1) is 0 Å². The molecule has 2 N–H and O–H groups in total. The van der Waals surface area contributed by atoms with Crippen LogP contribution in [0, 0.1) is 17.1 Å². The van der Waals surface area contributed by atoms with Crippen molar-refractivity contribution in [1.82, 2.24) is 5.32 Å². The van der Waals surface area contributed by atoms with Crippen LogP contribution in [-0.2, 0) is 0 Å². The molecule has 1 amide bonds. The molecule has 90 valence electrons. The minimum atomic E-state index is -0.621. The van der Waals surface area contributed by atoms with Crippen molar-refractivity contribution in [3.05, 3.63) is 29.6 Å². The molecule has 0 heterocycles. The first-order chi connectivity index (χ1) is 8.08. The van der Waals surface area contributed by atoms with Gasteiger partial charge in [0.15, 0.2) is 0 Å². The van der Waals surface area contributed by atoms with Gasteiger partial charge in [-0.05, 0) is 18.6 Å². The number of amides is 1. The van der Waals surface area contributed by atoms with Crippen LogP contribution in [0.15, 0.2) is 18.2 Å². The van der Waals surface area contributed by atoms with Crippen molar-refractivity contribution in [3.63, 3.8) is 0 Å². The predicted octanol–water partition coefficient (Wildman–Crippen LogP) is 1.95. The molecule has 0 aromatic heterocycles. The van der Waals surface area contributed by atoms with E-state index in [1.165, 1.54) is 6.07 Å². The fourth-order valence-electron chi connectivity index (χ4n) is 1.39. The SMILES string of the molecule is CCCC(C#N)NC(=O)c1ccc(F)cc1O. The summed E-state index contributed by atoms with van der Waals surface area (Å²) in [6, 6.07) is 4.46. The normalized spacial score (nSPS) is 11.6. The number of aromatic hydroxyl groups is 1. The van der Waals surface area contributed by atoms with E-state index < -0.39 is 23.5 Å². The highest BCUT2D eigenvalue weighted by molar-refractivity contribution is 5.97. The lowest BCUT2D eigenvalue weighted by Gasteiger charge is -2.11. The summed E-state index contributed by atoms with van der Waals surface area (Å²) in [6.07, 6.45) is 1.29. The highest BCUT2D eigenvalue weighted by atomic mass is 19.1. The number of nitrogens with zero attached hydrogens (tertiary/aromatic N) is 1. The second-order valence-electron chi connectivity index (χ2n) is 3.61. The Balaban J connectivity index is 2.79. The first-order valence-electron chi connectivity index (χ1n) is 5.27. The minimum Gasteiger partial charge on any atom is -0.507 e. The average Bonchev–Trinajstić information content (AvgIpc) is 2.28. The fourth-order valence-corrected chi connectivity index (χ4v) is 1.39. The van der Waals surface area contributed by atoms with Gasteiger partial charge in [-0.25, -0.2) is 4.39 Å². The highest BCUT2D eigenvalue weighted by Gasteiger charge is 2.15. The van der Waals surface area contributed by atoms with Crippen LogP contribution in [0.25, 0.3) is 0 Å². The molecule has 1 aromatic rings. The van der Waals surface area contributed by atoms with Gasteiger partial charge in [-0.2, -0.15) is 5.26 Å². The number of rotatable bonds is 4. The third-order valence-electron chi connectivity index (χ3n) is 2.24. The molecule has 1 rings (SSSR count). The molecule has 0 aliphatic rings. The van der Waals surface area contributed by atoms with E-state index in [0.29, 0.717) is 6.42 Å². The smallest absolute Gasteiger partial charge is 0.256 e. The third-order valence-corrected chi connectivity index (χ3v) is 2.24. The quantitative estimate of drug-likeness (QED) is 0.839. The Bertz CT molecular complexity index is 454. The van der Waals surface area contributed by atoms with E-state index in [4.69, 9.17) is 5.26 Å². The molecule has 17 heavy (non-hydrogen) atoms.